The van der Waals surface area contributed by atoms with Crippen LogP contribution in [0, 0.1) is 5.92 Å². The van der Waals surface area contributed by atoms with E-state index >= 15 is 0 Å². The van der Waals surface area contributed by atoms with Gasteiger partial charge in [0.2, 0.25) is 0 Å². The molecule has 3 N–H and O–H groups in total. The fourth-order valence-electron chi connectivity index (χ4n) is 5.52. The molecule has 6 heteroatoms. The third-order valence-corrected chi connectivity index (χ3v) is 8.11. The van der Waals surface area contributed by atoms with Crippen LogP contribution in [0.25, 0.3) is 0 Å². The van der Waals surface area contributed by atoms with Gasteiger partial charge < -0.3 is 20.2 Å². The molecule has 1 heterocycles. The Hall–Kier alpha value is -1.99. The molecule has 0 radical (unpaired) electrons. The number of likely N-dealkylation sites (tertiary alicyclic amines) is 1. The summed E-state index contributed by atoms with van der Waals surface area (Å²) in [7, 11) is 0. The molecule has 4 rings (SSSR count). The zero-order valence-corrected chi connectivity index (χ0v) is 21.9. The Morgan fingerprint density at radius 2 is 1.37 bits per heavy atom. The van der Waals surface area contributed by atoms with Crippen LogP contribution in [0.1, 0.15) is 67.9 Å². The fourth-order valence-corrected chi connectivity index (χ4v) is 5.52. The van der Waals surface area contributed by atoms with E-state index in [0.29, 0.717) is 6.42 Å². The summed E-state index contributed by atoms with van der Waals surface area (Å²) in [6.45, 7) is 6.11. The number of benzene rings is 3. The molecule has 3 aromatic rings. The number of hydrogen-bond donors (Lipinski definition) is 3. The van der Waals surface area contributed by atoms with E-state index in [-0.39, 0.29) is 35.5 Å². The van der Waals surface area contributed by atoms with Crippen molar-refractivity contribution in [3.63, 3.8) is 0 Å². The third kappa shape index (κ3) is 6.77. The number of aliphatic hydroxyl groups excluding tert-OH is 1. The molecule has 3 aromatic carbocycles. The van der Waals surface area contributed by atoms with Crippen molar-refractivity contribution in [2.24, 2.45) is 5.92 Å². The van der Waals surface area contributed by atoms with E-state index in [1.54, 1.807) is 26.0 Å². The second-order valence-electron chi connectivity index (χ2n) is 10.8. The molecule has 0 spiro atoms. The van der Waals surface area contributed by atoms with Crippen molar-refractivity contribution >= 4 is 35.5 Å². The second kappa shape index (κ2) is 13.4. The molecule has 0 aromatic heterocycles. The Balaban J connectivity index is 0.00000400. The van der Waals surface area contributed by atoms with Crippen molar-refractivity contribution < 1.29 is 20.1 Å². The molecule has 0 bridgehead atoms. The summed E-state index contributed by atoms with van der Waals surface area (Å²) < 4.78 is 0. The molecule has 1 aliphatic heterocycles. The van der Waals surface area contributed by atoms with Crippen molar-refractivity contribution in [3.05, 3.63) is 107 Å². The van der Waals surface area contributed by atoms with Gasteiger partial charge in [-0.3, -0.25) is 4.79 Å². The van der Waals surface area contributed by atoms with Gasteiger partial charge in [-0.15, -0.1) is 0 Å². The summed E-state index contributed by atoms with van der Waals surface area (Å²) in [5.74, 6) is -0.733. The van der Waals surface area contributed by atoms with Crippen LogP contribution < -0.4 is 0 Å². The van der Waals surface area contributed by atoms with E-state index in [2.05, 4.69) is 4.90 Å². The molecule has 0 aliphatic carbocycles. The maximum absolute atomic E-state index is 12.1. The summed E-state index contributed by atoms with van der Waals surface area (Å²) in [4.78, 5) is 13.9. The van der Waals surface area contributed by atoms with Gasteiger partial charge in [-0.25, -0.2) is 0 Å². The van der Waals surface area contributed by atoms with Crippen molar-refractivity contribution in [2.75, 3.05) is 19.6 Å². The van der Waals surface area contributed by atoms with Crippen LogP contribution in [-0.2, 0) is 15.8 Å². The van der Waals surface area contributed by atoms with Crippen LogP contribution in [0.2, 0.25) is 0 Å². The number of aliphatic hydroxyl groups is 2. The summed E-state index contributed by atoms with van der Waals surface area (Å²) >= 11 is 0. The first-order valence-corrected chi connectivity index (χ1v) is 13.3. The molecule has 1 atom stereocenters. The second-order valence-corrected chi connectivity index (χ2v) is 10.8. The molecule has 0 amide bonds. The van der Waals surface area contributed by atoms with E-state index in [4.69, 9.17) is 0 Å². The number of carboxylic acids is 1. The predicted octanol–water partition coefficient (Wildman–Crippen LogP) is 4.86. The Bertz CT molecular complexity index is 1100. The summed E-state index contributed by atoms with van der Waals surface area (Å²) in [6, 6.07) is 27.3. The van der Waals surface area contributed by atoms with Gasteiger partial charge in [-0.05, 0) is 87.3 Å². The first-order chi connectivity index (χ1) is 17.7. The SMILES string of the molecule is CC(C)(C(=O)O)c1ccc(C(O)CCCN2CCC(C(O)(c3ccccc3)c3ccccc3)CC2)cc1.[NaH]. The molecule has 1 saturated heterocycles. The van der Waals surface area contributed by atoms with Gasteiger partial charge in [0.1, 0.15) is 5.60 Å². The molecule has 1 aliphatic rings. The van der Waals surface area contributed by atoms with E-state index in [0.717, 1.165) is 61.2 Å². The average molecular weight is 526 g/mol. The van der Waals surface area contributed by atoms with Crippen LogP contribution in [-0.4, -0.2) is 75.4 Å². The van der Waals surface area contributed by atoms with Gasteiger partial charge in [-0.2, -0.15) is 0 Å². The van der Waals surface area contributed by atoms with Crippen molar-refractivity contribution in [1.29, 1.82) is 0 Å². The van der Waals surface area contributed by atoms with Gasteiger partial charge in [-0.1, -0.05) is 84.9 Å². The van der Waals surface area contributed by atoms with Crippen LogP contribution in [0.5, 0.6) is 0 Å². The van der Waals surface area contributed by atoms with Crippen molar-refractivity contribution in [2.45, 2.75) is 56.7 Å². The first-order valence-electron chi connectivity index (χ1n) is 13.3. The van der Waals surface area contributed by atoms with Gasteiger partial charge in [0.05, 0.1) is 11.5 Å². The molecular weight excluding hydrogens is 485 g/mol. The van der Waals surface area contributed by atoms with E-state index in [9.17, 15) is 20.1 Å². The zero-order chi connectivity index (χ0) is 26.5. The topological polar surface area (TPSA) is 81.0 Å². The molecule has 5 nitrogen and oxygen atoms in total. The number of rotatable bonds is 10. The predicted molar refractivity (Wildman–Crippen MR) is 153 cm³/mol. The van der Waals surface area contributed by atoms with Crippen molar-refractivity contribution in [1.82, 2.24) is 4.90 Å². The number of piperidine rings is 1. The van der Waals surface area contributed by atoms with E-state index in [1.165, 1.54) is 0 Å². The van der Waals surface area contributed by atoms with Crippen LogP contribution in [0.15, 0.2) is 84.9 Å². The summed E-state index contributed by atoms with van der Waals surface area (Å²) in [5.41, 5.74) is 1.47. The molecule has 1 unspecified atom stereocenters. The number of carbonyl (C=O) groups is 1. The number of nitrogens with zero attached hydrogens (tertiary/aromatic N) is 1. The molecule has 1 fully saturated rings. The van der Waals surface area contributed by atoms with E-state index < -0.39 is 23.1 Å². The van der Waals surface area contributed by atoms with Gasteiger partial charge in [0.15, 0.2) is 0 Å². The minimum absolute atomic E-state index is 0. The average Bonchev–Trinajstić information content (AvgIpc) is 2.94. The Kier molecular flexibility index (Phi) is 10.8. The number of aliphatic carboxylic acids is 1. The normalized spacial score (nSPS) is 16.0. The zero-order valence-electron chi connectivity index (χ0n) is 21.9. The van der Waals surface area contributed by atoms with Crippen molar-refractivity contribution in [3.8, 4) is 0 Å². The van der Waals surface area contributed by atoms with Gasteiger partial charge >= 0.3 is 35.5 Å². The first kappa shape index (κ1) is 30.6. The number of carboxylic acid groups (broad SMARTS) is 1. The minimum atomic E-state index is -1.01. The van der Waals surface area contributed by atoms with Crippen LogP contribution in [0.3, 0.4) is 0 Å². The Morgan fingerprint density at radius 1 is 0.868 bits per heavy atom. The monoisotopic (exact) mass is 525 g/mol. The summed E-state index contributed by atoms with van der Waals surface area (Å²) in [6.07, 6.45) is 2.77. The Morgan fingerprint density at radius 3 is 1.84 bits per heavy atom. The standard InChI is InChI=1S/C32H39NO4.Na.H/c1-31(2,30(35)36)25-17-15-24(16-18-25)29(34)14-9-21-33-22-19-28(20-23-33)32(37,26-10-5-3-6-11-26)27-12-7-4-8-13-27;;/h3-8,10-13,15-18,28-29,34,37H,9,14,19-23H2,1-2H3,(H,35,36);;. The van der Waals surface area contributed by atoms with Gasteiger partial charge in [0.25, 0.3) is 0 Å². The van der Waals surface area contributed by atoms with E-state index in [1.807, 2.05) is 72.8 Å². The molecular formula is C32H40NNaO4. The molecule has 198 valence electrons. The number of hydrogen-bond acceptors (Lipinski definition) is 4. The molecule has 0 saturated carbocycles. The van der Waals surface area contributed by atoms with Gasteiger partial charge in [0, 0.05) is 0 Å². The third-order valence-electron chi connectivity index (χ3n) is 8.11. The summed E-state index contributed by atoms with van der Waals surface area (Å²) in [5, 5.41) is 32.2. The van der Waals surface area contributed by atoms with Crippen LogP contribution >= 0.6 is 0 Å². The molecule has 38 heavy (non-hydrogen) atoms. The fraction of sp³-hybridized carbons (Fsp3) is 0.406. The maximum atomic E-state index is 12.1. The van der Waals surface area contributed by atoms with Crippen LogP contribution in [0.4, 0.5) is 0 Å². The Labute approximate surface area is 248 Å². The quantitative estimate of drug-likeness (QED) is 0.330.